The van der Waals surface area contributed by atoms with Crippen LogP contribution in [0.4, 0.5) is 13.2 Å². The molecule has 7 heteroatoms. The molecule has 0 heterocycles. The summed E-state index contributed by atoms with van der Waals surface area (Å²) < 4.78 is 38.9. The minimum absolute atomic E-state index is 0.107. The predicted molar refractivity (Wildman–Crippen MR) is 73.9 cm³/mol. The van der Waals surface area contributed by atoms with E-state index in [1.807, 2.05) is 0 Å². The fourth-order valence-electron chi connectivity index (χ4n) is 1.86. The smallest absolute Gasteiger partial charge is 0.417 e. The van der Waals surface area contributed by atoms with Crippen molar-refractivity contribution in [1.82, 2.24) is 0 Å². The molecule has 0 unspecified atom stereocenters. The van der Waals surface area contributed by atoms with Gasteiger partial charge in [0, 0.05) is 5.56 Å². The number of carbonyl (C=O) groups is 1. The Kier molecular flexibility index (Phi) is 4.16. The van der Waals surface area contributed by atoms with Crippen LogP contribution < -0.4 is 0 Å². The molecule has 0 aliphatic heterocycles. The highest BCUT2D eigenvalue weighted by molar-refractivity contribution is 6.43. The molecule has 0 atom stereocenters. The quantitative estimate of drug-likeness (QED) is 0.800. The number of benzene rings is 2. The first-order chi connectivity index (χ1) is 9.71. The molecular formula is C14H7Cl2F3O2. The van der Waals surface area contributed by atoms with Crippen molar-refractivity contribution in [2.75, 3.05) is 0 Å². The van der Waals surface area contributed by atoms with Gasteiger partial charge >= 0.3 is 12.1 Å². The summed E-state index contributed by atoms with van der Waals surface area (Å²) in [6, 6.07) is 7.46. The molecule has 1 N–H and O–H groups in total. The van der Waals surface area contributed by atoms with E-state index in [1.165, 1.54) is 18.2 Å². The van der Waals surface area contributed by atoms with Gasteiger partial charge in [-0.3, -0.25) is 0 Å². The van der Waals surface area contributed by atoms with Gasteiger partial charge in [-0.2, -0.15) is 13.2 Å². The Bertz CT molecular complexity index is 712. The van der Waals surface area contributed by atoms with E-state index in [4.69, 9.17) is 28.3 Å². The average molecular weight is 335 g/mol. The molecule has 0 saturated heterocycles. The van der Waals surface area contributed by atoms with Crippen molar-refractivity contribution < 1.29 is 23.1 Å². The Hall–Kier alpha value is -1.72. The van der Waals surface area contributed by atoms with Gasteiger partial charge in [-0.1, -0.05) is 41.4 Å². The molecule has 2 aromatic rings. The lowest BCUT2D eigenvalue weighted by Gasteiger charge is -2.13. The van der Waals surface area contributed by atoms with E-state index in [0.29, 0.717) is 5.56 Å². The standard InChI is InChI=1S/C14H7Cl2F3O2/c15-11-3-1-2-8(12(11)16)7-4-5-9(13(20)21)10(6-7)14(17,18)19/h1-6H,(H,20,21). The summed E-state index contributed by atoms with van der Waals surface area (Å²) >= 11 is 11.8. The summed E-state index contributed by atoms with van der Waals surface area (Å²) in [5.41, 5.74) is -1.61. The lowest BCUT2D eigenvalue weighted by Crippen LogP contribution is -2.13. The van der Waals surface area contributed by atoms with Crippen LogP contribution in [0.2, 0.25) is 10.0 Å². The maximum absolute atomic E-state index is 13.0. The number of carboxylic acids is 1. The number of hydrogen-bond acceptors (Lipinski definition) is 1. The molecular weight excluding hydrogens is 328 g/mol. The molecule has 110 valence electrons. The molecule has 0 spiro atoms. The number of alkyl halides is 3. The molecule has 2 nitrogen and oxygen atoms in total. The van der Waals surface area contributed by atoms with Gasteiger partial charge in [-0.15, -0.1) is 0 Å². The Morgan fingerprint density at radius 1 is 1.10 bits per heavy atom. The van der Waals surface area contributed by atoms with E-state index < -0.39 is 23.3 Å². The monoisotopic (exact) mass is 334 g/mol. The average Bonchev–Trinajstić information content (AvgIpc) is 2.40. The normalized spacial score (nSPS) is 11.5. The Morgan fingerprint density at radius 2 is 1.76 bits per heavy atom. The highest BCUT2D eigenvalue weighted by Gasteiger charge is 2.35. The molecule has 0 aromatic heterocycles. The first kappa shape index (κ1) is 15.7. The van der Waals surface area contributed by atoms with Crippen LogP contribution in [0.5, 0.6) is 0 Å². The predicted octanol–water partition coefficient (Wildman–Crippen LogP) is 5.38. The van der Waals surface area contributed by atoms with Crippen molar-refractivity contribution in [1.29, 1.82) is 0 Å². The number of carboxylic acid groups (broad SMARTS) is 1. The van der Waals surface area contributed by atoms with Gasteiger partial charge in [-0.05, 0) is 23.8 Å². The summed E-state index contributed by atoms with van der Waals surface area (Å²) in [5, 5.41) is 9.15. The fourth-order valence-corrected chi connectivity index (χ4v) is 2.27. The molecule has 0 bridgehead atoms. The fraction of sp³-hybridized carbons (Fsp3) is 0.0714. The summed E-state index contributed by atoms with van der Waals surface area (Å²) in [6.45, 7) is 0. The van der Waals surface area contributed by atoms with Crippen molar-refractivity contribution in [2.24, 2.45) is 0 Å². The zero-order valence-corrected chi connectivity index (χ0v) is 11.7. The minimum atomic E-state index is -4.78. The van der Waals surface area contributed by atoms with Crippen molar-refractivity contribution >= 4 is 29.2 Å². The van der Waals surface area contributed by atoms with Crippen molar-refractivity contribution in [3.63, 3.8) is 0 Å². The van der Waals surface area contributed by atoms with Crippen LogP contribution in [0.15, 0.2) is 36.4 Å². The first-order valence-electron chi connectivity index (χ1n) is 5.60. The Morgan fingerprint density at radius 3 is 2.33 bits per heavy atom. The second-order valence-corrected chi connectivity index (χ2v) is 4.95. The van der Waals surface area contributed by atoms with E-state index in [1.54, 1.807) is 6.07 Å². The third-order valence-electron chi connectivity index (χ3n) is 2.82. The second-order valence-electron chi connectivity index (χ2n) is 4.16. The van der Waals surface area contributed by atoms with Gasteiger partial charge in [0.25, 0.3) is 0 Å². The van der Waals surface area contributed by atoms with Gasteiger partial charge in [0.1, 0.15) is 0 Å². The van der Waals surface area contributed by atoms with Crippen LogP contribution in [0.1, 0.15) is 15.9 Å². The highest BCUT2D eigenvalue weighted by Crippen LogP contribution is 2.38. The van der Waals surface area contributed by atoms with Gasteiger partial charge in [0.15, 0.2) is 0 Å². The van der Waals surface area contributed by atoms with Crippen LogP contribution in [0.25, 0.3) is 11.1 Å². The zero-order chi connectivity index (χ0) is 15.8. The third kappa shape index (κ3) is 3.14. The van der Waals surface area contributed by atoms with Crippen LogP contribution in [-0.4, -0.2) is 11.1 Å². The summed E-state index contributed by atoms with van der Waals surface area (Å²) in [7, 11) is 0. The van der Waals surface area contributed by atoms with E-state index >= 15 is 0 Å². The number of rotatable bonds is 2. The topological polar surface area (TPSA) is 37.3 Å². The van der Waals surface area contributed by atoms with Crippen LogP contribution in [0.3, 0.4) is 0 Å². The van der Waals surface area contributed by atoms with Crippen molar-refractivity contribution in [3.8, 4) is 11.1 Å². The molecule has 21 heavy (non-hydrogen) atoms. The number of halogens is 5. The first-order valence-corrected chi connectivity index (χ1v) is 6.36. The maximum atomic E-state index is 13.0. The second kappa shape index (κ2) is 5.58. The largest absolute Gasteiger partial charge is 0.478 e. The molecule has 0 aliphatic rings. The summed E-state index contributed by atoms with van der Waals surface area (Å²) in [4.78, 5) is 10.9. The van der Waals surface area contributed by atoms with Crippen molar-refractivity contribution in [3.05, 3.63) is 57.6 Å². The number of hydrogen-bond donors (Lipinski definition) is 1. The number of aromatic carboxylic acids is 1. The third-order valence-corrected chi connectivity index (χ3v) is 3.64. The molecule has 0 radical (unpaired) electrons. The van der Waals surface area contributed by atoms with Crippen LogP contribution in [0, 0.1) is 0 Å². The van der Waals surface area contributed by atoms with E-state index in [-0.39, 0.29) is 15.6 Å². The summed E-state index contributed by atoms with van der Waals surface area (Å²) in [6.07, 6.45) is -4.78. The summed E-state index contributed by atoms with van der Waals surface area (Å²) in [5.74, 6) is -1.65. The van der Waals surface area contributed by atoms with E-state index in [2.05, 4.69) is 0 Å². The lowest BCUT2D eigenvalue weighted by atomic mass is 9.98. The molecule has 2 rings (SSSR count). The molecule has 0 fully saturated rings. The van der Waals surface area contributed by atoms with Crippen LogP contribution >= 0.6 is 23.2 Å². The van der Waals surface area contributed by atoms with Crippen molar-refractivity contribution in [2.45, 2.75) is 6.18 Å². The molecule has 0 amide bonds. The van der Waals surface area contributed by atoms with Gasteiger partial charge in [-0.25, -0.2) is 4.79 Å². The Balaban J connectivity index is 2.68. The van der Waals surface area contributed by atoms with Gasteiger partial charge in [0.05, 0.1) is 21.2 Å². The maximum Gasteiger partial charge on any atom is 0.417 e. The SMILES string of the molecule is O=C(O)c1ccc(-c2cccc(Cl)c2Cl)cc1C(F)(F)F. The minimum Gasteiger partial charge on any atom is -0.478 e. The van der Waals surface area contributed by atoms with Gasteiger partial charge in [0.2, 0.25) is 0 Å². The molecule has 2 aromatic carbocycles. The molecule has 0 saturated carbocycles. The van der Waals surface area contributed by atoms with E-state index in [0.717, 1.165) is 12.1 Å². The van der Waals surface area contributed by atoms with Gasteiger partial charge < -0.3 is 5.11 Å². The zero-order valence-electron chi connectivity index (χ0n) is 10.2. The molecule has 0 aliphatic carbocycles. The Labute approximate surface area is 127 Å². The van der Waals surface area contributed by atoms with Crippen LogP contribution in [-0.2, 0) is 6.18 Å². The highest BCUT2D eigenvalue weighted by atomic mass is 35.5. The van der Waals surface area contributed by atoms with E-state index in [9.17, 15) is 18.0 Å². The lowest BCUT2D eigenvalue weighted by molar-refractivity contribution is -0.138.